The molecule has 0 unspecified atom stereocenters. The molecule has 16 heavy (non-hydrogen) atoms. The molecule has 1 aromatic carbocycles. The van der Waals surface area contributed by atoms with Gasteiger partial charge in [-0.1, -0.05) is 12.1 Å². The van der Waals surface area contributed by atoms with Crippen molar-refractivity contribution >= 4 is 5.78 Å². The summed E-state index contributed by atoms with van der Waals surface area (Å²) in [5.74, 6) is 1.11. The van der Waals surface area contributed by atoms with Crippen molar-refractivity contribution in [3.05, 3.63) is 29.3 Å². The number of carbonyl (C=O) groups is 1. The summed E-state index contributed by atoms with van der Waals surface area (Å²) in [5, 5.41) is 0. The molecule has 1 aromatic rings. The molecule has 0 spiro atoms. The highest BCUT2D eigenvalue weighted by atomic mass is 17.2. The molecule has 1 heterocycles. The van der Waals surface area contributed by atoms with Gasteiger partial charge in [-0.05, 0) is 37.8 Å². The molecule has 0 amide bonds. The van der Waals surface area contributed by atoms with Crippen LogP contribution in [0, 0.1) is 0 Å². The third-order valence-corrected chi connectivity index (χ3v) is 2.74. The van der Waals surface area contributed by atoms with Crippen molar-refractivity contribution in [2.75, 3.05) is 0 Å². The van der Waals surface area contributed by atoms with Gasteiger partial charge in [0, 0.05) is 12.0 Å². The van der Waals surface area contributed by atoms with Gasteiger partial charge in [-0.3, -0.25) is 0 Å². The Labute approximate surface area is 95.3 Å². The molecule has 0 aromatic heterocycles. The Bertz CT molecular complexity index is 385. The number of fused-ring (bicyclic) bond motifs is 1. The van der Waals surface area contributed by atoms with E-state index in [0.29, 0.717) is 13.0 Å². The predicted octanol–water partition coefficient (Wildman–Crippen LogP) is 2.81. The van der Waals surface area contributed by atoms with Gasteiger partial charge in [0.25, 0.3) is 0 Å². The SMILES string of the molecule is CC(=O)CCCCc1ccc2c(c1)OOC2. The zero-order valence-electron chi connectivity index (χ0n) is 9.49. The highest BCUT2D eigenvalue weighted by molar-refractivity contribution is 5.75. The molecule has 0 fully saturated rings. The fraction of sp³-hybridized carbons (Fsp3) is 0.462. The molecule has 2 rings (SSSR count). The van der Waals surface area contributed by atoms with Crippen molar-refractivity contribution in [3.63, 3.8) is 0 Å². The van der Waals surface area contributed by atoms with E-state index >= 15 is 0 Å². The van der Waals surface area contributed by atoms with Gasteiger partial charge in [0.1, 0.15) is 12.4 Å². The largest absolute Gasteiger partial charge is 0.337 e. The van der Waals surface area contributed by atoms with E-state index in [0.717, 1.165) is 30.6 Å². The van der Waals surface area contributed by atoms with Crippen molar-refractivity contribution in [2.24, 2.45) is 0 Å². The lowest BCUT2D eigenvalue weighted by Gasteiger charge is -2.02. The number of hydrogen-bond donors (Lipinski definition) is 0. The summed E-state index contributed by atoms with van der Waals surface area (Å²) in [6.45, 7) is 2.18. The van der Waals surface area contributed by atoms with Crippen molar-refractivity contribution in [2.45, 2.75) is 39.2 Å². The lowest BCUT2D eigenvalue weighted by atomic mass is 10.0. The first-order chi connectivity index (χ1) is 7.75. The first-order valence-electron chi connectivity index (χ1n) is 5.66. The molecule has 0 aliphatic carbocycles. The summed E-state index contributed by atoms with van der Waals surface area (Å²) in [5.41, 5.74) is 2.35. The van der Waals surface area contributed by atoms with Gasteiger partial charge in [-0.2, -0.15) is 4.89 Å². The molecule has 3 heteroatoms. The quantitative estimate of drug-likeness (QED) is 0.565. The van der Waals surface area contributed by atoms with Crippen LogP contribution in [0.3, 0.4) is 0 Å². The topological polar surface area (TPSA) is 35.5 Å². The average molecular weight is 220 g/mol. The van der Waals surface area contributed by atoms with Crippen LogP contribution < -0.4 is 4.89 Å². The summed E-state index contributed by atoms with van der Waals surface area (Å²) >= 11 is 0. The molecule has 0 atom stereocenters. The van der Waals surface area contributed by atoms with E-state index in [4.69, 9.17) is 9.78 Å². The van der Waals surface area contributed by atoms with Crippen molar-refractivity contribution in [1.82, 2.24) is 0 Å². The zero-order valence-corrected chi connectivity index (χ0v) is 9.49. The minimum Gasteiger partial charge on any atom is -0.337 e. The van der Waals surface area contributed by atoms with Gasteiger partial charge >= 0.3 is 0 Å². The molecule has 0 saturated carbocycles. The molecule has 0 bridgehead atoms. The second-order valence-corrected chi connectivity index (χ2v) is 4.20. The van der Waals surface area contributed by atoms with Gasteiger partial charge in [-0.15, -0.1) is 0 Å². The van der Waals surface area contributed by atoms with Gasteiger partial charge in [0.15, 0.2) is 5.75 Å². The molecule has 1 aliphatic rings. The number of aryl methyl sites for hydroxylation is 1. The van der Waals surface area contributed by atoms with Crippen LogP contribution in [0.4, 0.5) is 0 Å². The summed E-state index contributed by atoms with van der Waals surface area (Å²) in [6, 6.07) is 6.17. The normalized spacial score (nSPS) is 13.3. The maximum atomic E-state index is 10.8. The summed E-state index contributed by atoms with van der Waals surface area (Å²) < 4.78 is 0. The van der Waals surface area contributed by atoms with Gasteiger partial charge < -0.3 is 9.68 Å². The van der Waals surface area contributed by atoms with Crippen LogP contribution in [0.25, 0.3) is 0 Å². The maximum Gasteiger partial charge on any atom is 0.171 e. The minimum atomic E-state index is 0.269. The molecule has 0 radical (unpaired) electrons. The lowest BCUT2D eigenvalue weighted by Crippen LogP contribution is -1.92. The molecule has 1 aliphatic heterocycles. The lowest BCUT2D eigenvalue weighted by molar-refractivity contribution is -0.194. The Balaban J connectivity index is 1.83. The Hall–Kier alpha value is -1.35. The summed E-state index contributed by atoms with van der Waals surface area (Å²) in [6.07, 6.45) is 3.68. The number of hydrogen-bond acceptors (Lipinski definition) is 3. The molecule has 3 nitrogen and oxygen atoms in total. The van der Waals surface area contributed by atoms with Gasteiger partial charge in [-0.25, -0.2) is 0 Å². The smallest absolute Gasteiger partial charge is 0.171 e. The second kappa shape index (κ2) is 5.12. The van der Waals surface area contributed by atoms with Crippen LogP contribution in [0.1, 0.15) is 37.3 Å². The number of ketones is 1. The van der Waals surface area contributed by atoms with Crippen LogP contribution in [0.5, 0.6) is 5.75 Å². The number of unbranched alkanes of at least 4 members (excludes halogenated alkanes) is 1. The number of benzene rings is 1. The average Bonchev–Trinajstić information content (AvgIpc) is 2.71. The molecular formula is C13H16O3. The summed E-state index contributed by atoms with van der Waals surface area (Å²) in [7, 11) is 0. The number of carbonyl (C=O) groups excluding carboxylic acids is 1. The Kier molecular flexibility index (Phi) is 3.57. The van der Waals surface area contributed by atoms with E-state index in [2.05, 4.69) is 6.07 Å². The van der Waals surface area contributed by atoms with E-state index in [1.807, 2.05) is 12.1 Å². The van der Waals surface area contributed by atoms with Crippen molar-refractivity contribution in [1.29, 1.82) is 0 Å². The van der Waals surface area contributed by atoms with E-state index in [1.165, 1.54) is 5.56 Å². The highest BCUT2D eigenvalue weighted by Gasteiger charge is 2.13. The van der Waals surface area contributed by atoms with Crippen LogP contribution in [-0.2, 0) is 22.7 Å². The number of Topliss-reactive ketones (excluding diaryl/α,β-unsaturated/α-hetero) is 1. The third kappa shape index (κ3) is 2.83. The van der Waals surface area contributed by atoms with Crippen LogP contribution in [0.2, 0.25) is 0 Å². The molecule has 0 saturated heterocycles. The maximum absolute atomic E-state index is 10.8. The Morgan fingerprint density at radius 3 is 3.06 bits per heavy atom. The number of rotatable bonds is 5. The first-order valence-corrected chi connectivity index (χ1v) is 5.66. The molecular weight excluding hydrogens is 204 g/mol. The molecule has 0 N–H and O–H groups in total. The van der Waals surface area contributed by atoms with Gasteiger partial charge in [0.2, 0.25) is 0 Å². The fourth-order valence-corrected chi connectivity index (χ4v) is 1.81. The van der Waals surface area contributed by atoms with E-state index in [1.54, 1.807) is 6.92 Å². The Morgan fingerprint density at radius 1 is 1.38 bits per heavy atom. The van der Waals surface area contributed by atoms with Crippen LogP contribution in [-0.4, -0.2) is 5.78 Å². The zero-order chi connectivity index (χ0) is 11.4. The Morgan fingerprint density at radius 2 is 2.25 bits per heavy atom. The minimum absolute atomic E-state index is 0.269. The fourth-order valence-electron chi connectivity index (χ4n) is 1.81. The summed E-state index contributed by atoms with van der Waals surface area (Å²) in [4.78, 5) is 20.7. The monoisotopic (exact) mass is 220 g/mol. The standard InChI is InChI=1S/C13H16O3/c1-10(14)4-2-3-5-11-6-7-12-9-15-16-13(12)8-11/h6-8H,2-5,9H2,1H3. The van der Waals surface area contributed by atoms with Crippen LogP contribution in [0.15, 0.2) is 18.2 Å². The predicted molar refractivity (Wildman–Crippen MR) is 60.1 cm³/mol. The van der Waals surface area contributed by atoms with Gasteiger partial charge in [0.05, 0.1) is 0 Å². The van der Waals surface area contributed by atoms with Crippen molar-refractivity contribution < 1.29 is 14.6 Å². The van der Waals surface area contributed by atoms with E-state index < -0.39 is 0 Å². The molecule has 86 valence electrons. The first kappa shape index (κ1) is 11.1. The second-order valence-electron chi connectivity index (χ2n) is 4.20. The van der Waals surface area contributed by atoms with Crippen molar-refractivity contribution in [3.8, 4) is 5.75 Å². The third-order valence-electron chi connectivity index (χ3n) is 2.74. The van der Waals surface area contributed by atoms with E-state index in [9.17, 15) is 4.79 Å². The van der Waals surface area contributed by atoms with E-state index in [-0.39, 0.29) is 5.78 Å². The van der Waals surface area contributed by atoms with Crippen LogP contribution >= 0.6 is 0 Å². The highest BCUT2D eigenvalue weighted by Crippen LogP contribution is 2.27.